The van der Waals surface area contributed by atoms with E-state index in [9.17, 15) is 4.79 Å². The van der Waals surface area contributed by atoms with E-state index in [0.717, 1.165) is 0 Å². The third-order valence-electron chi connectivity index (χ3n) is 3.07. The van der Waals surface area contributed by atoms with Crippen molar-refractivity contribution < 1.29 is 14.3 Å². The molecular formula is C15H9Br2ClO3. The first kappa shape index (κ1) is 14.9. The van der Waals surface area contributed by atoms with Gasteiger partial charge in [-0.05, 0) is 56.1 Å². The Labute approximate surface area is 143 Å². The summed E-state index contributed by atoms with van der Waals surface area (Å²) in [5, 5.41) is 0.393. The molecule has 1 aliphatic heterocycles. The lowest BCUT2D eigenvalue weighted by Crippen LogP contribution is -2.16. The molecule has 0 saturated carbocycles. The molecular weight excluding hydrogens is 423 g/mol. The number of hydrogen-bond acceptors (Lipinski definition) is 3. The lowest BCUT2D eigenvalue weighted by atomic mass is 10.0. The average molecular weight is 432 g/mol. The van der Waals surface area contributed by atoms with Gasteiger partial charge in [-0.1, -0.05) is 17.7 Å². The van der Waals surface area contributed by atoms with Crippen LogP contribution in [0.3, 0.4) is 0 Å². The van der Waals surface area contributed by atoms with Crippen LogP contribution in [0.2, 0.25) is 5.02 Å². The minimum Gasteiger partial charge on any atom is -0.486 e. The van der Waals surface area contributed by atoms with Crippen molar-refractivity contribution in [3.8, 4) is 11.5 Å². The van der Waals surface area contributed by atoms with Crippen molar-refractivity contribution in [2.24, 2.45) is 0 Å². The Kier molecular flexibility index (Phi) is 4.24. The summed E-state index contributed by atoms with van der Waals surface area (Å²) >= 11 is 12.9. The summed E-state index contributed by atoms with van der Waals surface area (Å²) in [5.41, 5.74) is 0.919. The topological polar surface area (TPSA) is 35.5 Å². The van der Waals surface area contributed by atoms with Crippen LogP contribution in [0.4, 0.5) is 0 Å². The molecule has 0 atom stereocenters. The van der Waals surface area contributed by atoms with Crippen LogP contribution in [0.5, 0.6) is 11.5 Å². The molecule has 0 spiro atoms. The van der Waals surface area contributed by atoms with Crippen molar-refractivity contribution in [3.05, 3.63) is 55.4 Å². The molecule has 0 N–H and O–H groups in total. The summed E-state index contributed by atoms with van der Waals surface area (Å²) in [6.45, 7) is 0.976. The van der Waals surface area contributed by atoms with Gasteiger partial charge in [-0.15, -0.1) is 0 Å². The van der Waals surface area contributed by atoms with Gasteiger partial charge in [0, 0.05) is 20.1 Å². The van der Waals surface area contributed by atoms with Crippen molar-refractivity contribution >= 4 is 49.2 Å². The van der Waals surface area contributed by atoms with Crippen molar-refractivity contribution in [2.45, 2.75) is 0 Å². The van der Waals surface area contributed by atoms with Gasteiger partial charge in [-0.3, -0.25) is 4.79 Å². The number of ketones is 1. The second-order valence-electron chi connectivity index (χ2n) is 4.41. The van der Waals surface area contributed by atoms with Gasteiger partial charge in [0.05, 0.1) is 5.02 Å². The summed E-state index contributed by atoms with van der Waals surface area (Å²) in [5.74, 6) is 1.02. The molecule has 1 heterocycles. The first-order valence-corrected chi connectivity index (χ1v) is 8.12. The summed E-state index contributed by atoms with van der Waals surface area (Å²) in [6.07, 6.45) is 0. The number of hydrogen-bond donors (Lipinski definition) is 0. The number of halogens is 3. The number of fused-ring (bicyclic) bond motifs is 1. The third kappa shape index (κ3) is 2.82. The molecule has 0 unspecified atom stereocenters. The van der Waals surface area contributed by atoms with Gasteiger partial charge >= 0.3 is 0 Å². The highest BCUT2D eigenvalue weighted by atomic mass is 79.9. The molecule has 3 nitrogen and oxygen atoms in total. The summed E-state index contributed by atoms with van der Waals surface area (Å²) in [4.78, 5) is 12.7. The third-order valence-corrected chi connectivity index (χ3v) is 5.03. The maximum Gasteiger partial charge on any atom is 0.195 e. The van der Waals surface area contributed by atoms with E-state index >= 15 is 0 Å². The molecule has 3 rings (SSSR count). The standard InChI is InChI=1S/C15H9Br2ClO3/c16-10-3-1-2-8(14(10)18)15(19)9-6-12-13(7-11(9)17)21-5-4-20-12/h1-3,6-7H,4-5H2. The van der Waals surface area contributed by atoms with E-state index in [0.29, 0.717) is 49.8 Å². The fourth-order valence-electron chi connectivity index (χ4n) is 2.06. The van der Waals surface area contributed by atoms with E-state index in [-0.39, 0.29) is 5.78 Å². The first-order valence-electron chi connectivity index (χ1n) is 6.16. The van der Waals surface area contributed by atoms with Gasteiger partial charge in [0.15, 0.2) is 17.3 Å². The van der Waals surface area contributed by atoms with Crippen molar-refractivity contribution in [3.63, 3.8) is 0 Å². The minimum absolute atomic E-state index is 0.176. The largest absolute Gasteiger partial charge is 0.486 e. The van der Waals surface area contributed by atoms with Crippen LogP contribution >= 0.6 is 43.5 Å². The van der Waals surface area contributed by atoms with E-state index in [1.165, 1.54) is 0 Å². The Morgan fingerprint density at radius 3 is 2.38 bits per heavy atom. The molecule has 0 bridgehead atoms. The zero-order chi connectivity index (χ0) is 15.0. The molecule has 21 heavy (non-hydrogen) atoms. The van der Waals surface area contributed by atoms with E-state index in [4.69, 9.17) is 21.1 Å². The number of carbonyl (C=O) groups excluding carboxylic acids is 1. The average Bonchev–Trinajstić information content (AvgIpc) is 2.48. The second-order valence-corrected chi connectivity index (χ2v) is 6.49. The summed E-state index contributed by atoms with van der Waals surface area (Å²) in [7, 11) is 0. The molecule has 2 aromatic rings. The Morgan fingerprint density at radius 2 is 1.67 bits per heavy atom. The molecule has 0 amide bonds. The predicted molar refractivity (Wildman–Crippen MR) is 87.7 cm³/mol. The van der Waals surface area contributed by atoms with Crippen LogP contribution in [-0.4, -0.2) is 19.0 Å². The number of ether oxygens (including phenoxy) is 2. The van der Waals surface area contributed by atoms with Crippen LogP contribution in [0.25, 0.3) is 0 Å². The van der Waals surface area contributed by atoms with Crippen LogP contribution in [0, 0.1) is 0 Å². The SMILES string of the molecule is O=C(c1cc2c(cc1Br)OCCO2)c1cccc(Br)c1Cl. The Hall–Kier alpha value is -1.04. The van der Waals surface area contributed by atoms with Crippen molar-refractivity contribution in [2.75, 3.05) is 13.2 Å². The summed E-state index contributed by atoms with van der Waals surface area (Å²) < 4.78 is 12.3. The molecule has 0 radical (unpaired) electrons. The summed E-state index contributed by atoms with van der Waals surface area (Å²) in [6, 6.07) is 8.68. The van der Waals surface area contributed by atoms with Gasteiger partial charge in [-0.25, -0.2) is 0 Å². The number of rotatable bonds is 2. The molecule has 108 valence electrons. The lowest BCUT2D eigenvalue weighted by Gasteiger charge is -2.19. The number of carbonyl (C=O) groups is 1. The second kappa shape index (κ2) is 5.99. The van der Waals surface area contributed by atoms with Crippen LogP contribution in [0.1, 0.15) is 15.9 Å². The fourth-order valence-corrected chi connectivity index (χ4v) is 3.14. The Balaban J connectivity index is 2.07. The smallest absolute Gasteiger partial charge is 0.195 e. The van der Waals surface area contributed by atoms with Gasteiger partial charge in [0.25, 0.3) is 0 Å². The first-order chi connectivity index (χ1) is 10.1. The highest BCUT2D eigenvalue weighted by Crippen LogP contribution is 2.37. The highest BCUT2D eigenvalue weighted by Gasteiger charge is 2.21. The van der Waals surface area contributed by atoms with Crippen LogP contribution < -0.4 is 9.47 Å². The van der Waals surface area contributed by atoms with Crippen molar-refractivity contribution in [1.29, 1.82) is 0 Å². The van der Waals surface area contributed by atoms with Gasteiger partial charge in [0.1, 0.15) is 13.2 Å². The zero-order valence-corrected chi connectivity index (χ0v) is 14.6. The molecule has 0 aliphatic carbocycles. The monoisotopic (exact) mass is 430 g/mol. The molecule has 0 fully saturated rings. The molecule has 1 aliphatic rings. The quantitative estimate of drug-likeness (QED) is 0.636. The van der Waals surface area contributed by atoms with Crippen molar-refractivity contribution in [1.82, 2.24) is 0 Å². The van der Waals surface area contributed by atoms with Gasteiger partial charge in [0.2, 0.25) is 0 Å². The highest BCUT2D eigenvalue weighted by molar-refractivity contribution is 9.10. The number of benzene rings is 2. The maximum atomic E-state index is 12.7. The fraction of sp³-hybridized carbons (Fsp3) is 0.133. The predicted octanol–water partition coefficient (Wildman–Crippen LogP) is 4.87. The molecule has 0 saturated heterocycles. The Bertz CT molecular complexity index is 731. The normalized spacial score (nSPS) is 13.1. The van der Waals surface area contributed by atoms with Gasteiger partial charge < -0.3 is 9.47 Å². The van der Waals surface area contributed by atoms with E-state index < -0.39 is 0 Å². The van der Waals surface area contributed by atoms with E-state index in [1.54, 1.807) is 30.3 Å². The van der Waals surface area contributed by atoms with Gasteiger partial charge in [-0.2, -0.15) is 0 Å². The zero-order valence-electron chi connectivity index (χ0n) is 10.7. The van der Waals surface area contributed by atoms with E-state index in [1.807, 2.05) is 0 Å². The maximum absolute atomic E-state index is 12.7. The van der Waals surface area contributed by atoms with Crippen LogP contribution in [0.15, 0.2) is 39.3 Å². The molecule has 6 heteroatoms. The van der Waals surface area contributed by atoms with Crippen LogP contribution in [-0.2, 0) is 0 Å². The molecule has 0 aromatic heterocycles. The lowest BCUT2D eigenvalue weighted by molar-refractivity contribution is 0.103. The minimum atomic E-state index is -0.176. The Morgan fingerprint density at radius 1 is 1.00 bits per heavy atom. The van der Waals surface area contributed by atoms with E-state index in [2.05, 4.69) is 31.9 Å². The molecule has 2 aromatic carbocycles.